The maximum absolute atomic E-state index is 9.32. The van der Waals surface area contributed by atoms with Gasteiger partial charge in [0.25, 0.3) is 0 Å². The summed E-state index contributed by atoms with van der Waals surface area (Å²) in [6.07, 6.45) is 12.8. The Hall–Kier alpha value is -2.35. The van der Waals surface area contributed by atoms with Crippen LogP contribution in [0, 0.1) is 11.3 Å². The lowest BCUT2D eigenvalue weighted by atomic mass is 10.1. The van der Waals surface area contributed by atoms with Crippen LogP contribution in [0.1, 0.15) is 44.6 Å². The molecule has 1 aromatic rings. The summed E-state index contributed by atoms with van der Waals surface area (Å²) in [4.78, 5) is 7.68. The fourth-order valence-corrected chi connectivity index (χ4v) is 4.76. The fourth-order valence-electron chi connectivity index (χ4n) is 4.76. The van der Waals surface area contributed by atoms with Crippen molar-refractivity contribution in [2.24, 2.45) is 0 Å². The largest absolute Gasteiger partial charge is 0.344 e. The minimum absolute atomic E-state index is 0.261. The third kappa shape index (κ3) is 4.69. The van der Waals surface area contributed by atoms with Crippen molar-refractivity contribution in [2.45, 2.75) is 44.6 Å². The Bertz CT molecular complexity index is 863. The molecule has 1 saturated heterocycles. The van der Waals surface area contributed by atoms with Crippen molar-refractivity contribution in [3.05, 3.63) is 65.9 Å². The first-order valence-corrected chi connectivity index (χ1v) is 11.4. The highest BCUT2D eigenvalue weighted by Gasteiger charge is 2.49. The minimum atomic E-state index is 0.261. The summed E-state index contributed by atoms with van der Waals surface area (Å²) in [5, 5.41) is 9.32. The summed E-state index contributed by atoms with van der Waals surface area (Å²) in [7, 11) is 0. The number of rotatable bonds is 8. The van der Waals surface area contributed by atoms with Crippen LogP contribution in [-0.2, 0) is 0 Å². The predicted molar refractivity (Wildman–Crippen MR) is 124 cm³/mol. The number of allylic oxidation sites excluding steroid dienone is 3. The third-order valence-corrected chi connectivity index (χ3v) is 6.88. The molecule has 158 valence electrons. The smallest absolute Gasteiger partial charge is 0.0992 e. The van der Waals surface area contributed by atoms with Crippen LogP contribution in [0.3, 0.4) is 0 Å². The van der Waals surface area contributed by atoms with E-state index >= 15 is 0 Å². The van der Waals surface area contributed by atoms with Crippen LogP contribution in [-0.4, -0.2) is 54.6 Å². The summed E-state index contributed by atoms with van der Waals surface area (Å²) >= 11 is 0. The lowest BCUT2D eigenvalue weighted by Gasteiger charge is -2.42. The maximum Gasteiger partial charge on any atom is 0.0992 e. The number of anilines is 1. The van der Waals surface area contributed by atoms with Crippen molar-refractivity contribution in [3.8, 4) is 6.07 Å². The van der Waals surface area contributed by atoms with Crippen LogP contribution < -0.4 is 4.90 Å². The average Bonchev–Trinajstić information content (AvgIpc) is 3.59. The van der Waals surface area contributed by atoms with E-state index in [9.17, 15) is 5.26 Å². The van der Waals surface area contributed by atoms with Crippen LogP contribution in [0.5, 0.6) is 0 Å². The second-order valence-electron chi connectivity index (χ2n) is 8.91. The quantitative estimate of drug-likeness (QED) is 0.630. The van der Waals surface area contributed by atoms with Gasteiger partial charge >= 0.3 is 0 Å². The van der Waals surface area contributed by atoms with Gasteiger partial charge in [-0.15, -0.1) is 0 Å². The molecule has 3 aliphatic rings. The number of nitriles is 1. The first-order valence-electron chi connectivity index (χ1n) is 11.4. The number of hydrogen-bond acceptors (Lipinski definition) is 4. The summed E-state index contributed by atoms with van der Waals surface area (Å²) < 4.78 is 0. The molecule has 2 fully saturated rings. The van der Waals surface area contributed by atoms with Gasteiger partial charge in [-0.05, 0) is 55.9 Å². The molecule has 0 unspecified atom stereocenters. The van der Waals surface area contributed by atoms with Crippen molar-refractivity contribution >= 4 is 5.69 Å². The van der Waals surface area contributed by atoms with E-state index in [2.05, 4.69) is 58.6 Å². The standard InChI is InChI=1S/C26H34N4/c1-3-22(2)30(25-11-7-10-24(18-25)19-27)21-26(12-13-26)29-16-14-28(15-17-29)20-23-8-5-4-6-9-23/h5,7-11,18H,2-4,6,12-17,20-21H2,1H3. The molecule has 0 aromatic heterocycles. The second-order valence-corrected chi connectivity index (χ2v) is 8.91. The highest BCUT2D eigenvalue weighted by molar-refractivity contribution is 5.56. The van der Waals surface area contributed by atoms with Crippen molar-refractivity contribution in [3.63, 3.8) is 0 Å². The van der Waals surface area contributed by atoms with Gasteiger partial charge in [-0.2, -0.15) is 5.26 Å². The van der Waals surface area contributed by atoms with Crippen molar-refractivity contribution in [1.29, 1.82) is 5.26 Å². The van der Waals surface area contributed by atoms with E-state index < -0.39 is 0 Å². The zero-order valence-electron chi connectivity index (χ0n) is 18.3. The molecule has 0 bridgehead atoms. The van der Waals surface area contributed by atoms with Gasteiger partial charge in [0.1, 0.15) is 0 Å². The van der Waals surface area contributed by atoms with E-state index in [0.717, 1.165) is 57.1 Å². The van der Waals surface area contributed by atoms with Crippen LogP contribution in [0.2, 0.25) is 0 Å². The van der Waals surface area contributed by atoms with Gasteiger partial charge in [0.05, 0.1) is 11.6 Å². The lowest BCUT2D eigenvalue weighted by molar-refractivity contribution is 0.0930. The SMILES string of the molecule is C=C(CC)N(CC1(N2CCN(CC3=CCCC=C3)CC2)CC1)c1cccc(C#N)c1. The second kappa shape index (κ2) is 9.20. The summed E-state index contributed by atoms with van der Waals surface area (Å²) in [6.45, 7) is 13.1. The van der Waals surface area contributed by atoms with Crippen LogP contribution >= 0.6 is 0 Å². The van der Waals surface area contributed by atoms with Gasteiger partial charge < -0.3 is 4.90 Å². The molecule has 2 aliphatic carbocycles. The van der Waals surface area contributed by atoms with E-state index in [1.807, 2.05) is 18.2 Å². The molecule has 30 heavy (non-hydrogen) atoms. The Labute approximate surface area is 181 Å². The number of piperazine rings is 1. The normalized spacial score (nSPS) is 21.0. The van der Waals surface area contributed by atoms with Gasteiger partial charge in [0, 0.05) is 56.2 Å². The lowest BCUT2D eigenvalue weighted by Crippen LogP contribution is -2.55. The molecule has 0 amide bonds. The highest BCUT2D eigenvalue weighted by atomic mass is 15.3. The first-order chi connectivity index (χ1) is 14.6. The molecular formula is C26H34N4. The average molecular weight is 403 g/mol. The Morgan fingerprint density at radius 2 is 2.00 bits per heavy atom. The molecule has 1 saturated carbocycles. The topological polar surface area (TPSA) is 33.5 Å². The Morgan fingerprint density at radius 1 is 1.20 bits per heavy atom. The van der Waals surface area contributed by atoms with E-state index in [0.29, 0.717) is 5.56 Å². The molecule has 0 radical (unpaired) electrons. The monoisotopic (exact) mass is 402 g/mol. The van der Waals surface area contributed by atoms with E-state index in [1.54, 1.807) is 0 Å². The zero-order valence-corrected chi connectivity index (χ0v) is 18.3. The molecule has 1 aliphatic heterocycles. The molecule has 4 heteroatoms. The zero-order chi connectivity index (χ0) is 21.0. The first kappa shape index (κ1) is 20.9. The maximum atomic E-state index is 9.32. The molecular weight excluding hydrogens is 368 g/mol. The molecule has 4 rings (SSSR count). The Balaban J connectivity index is 1.40. The van der Waals surface area contributed by atoms with E-state index in [1.165, 1.54) is 31.3 Å². The number of nitrogens with zero attached hydrogens (tertiary/aromatic N) is 4. The summed E-state index contributed by atoms with van der Waals surface area (Å²) in [5.41, 5.74) is 4.69. The van der Waals surface area contributed by atoms with Crippen LogP contribution in [0.15, 0.2) is 60.3 Å². The number of benzene rings is 1. The van der Waals surface area contributed by atoms with Gasteiger partial charge in [-0.1, -0.05) is 37.8 Å². The van der Waals surface area contributed by atoms with E-state index in [-0.39, 0.29) is 5.54 Å². The van der Waals surface area contributed by atoms with Gasteiger partial charge in [0.15, 0.2) is 0 Å². The van der Waals surface area contributed by atoms with Crippen LogP contribution in [0.25, 0.3) is 0 Å². The van der Waals surface area contributed by atoms with Crippen LogP contribution in [0.4, 0.5) is 5.69 Å². The van der Waals surface area contributed by atoms with Gasteiger partial charge in [-0.25, -0.2) is 0 Å². The summed E-state index contributed by atoms with van der Waals surface area (Å²) in [6, 6.07) is 10.2. The van der Waals surface area contributed by atoms with Crippen molar-refractivity contribution in [2.75, 3.05) is 44.2 Å². The molecule has 1 heterocycles. The van der Waals surface area contributed by atoms with Crippen molar-refractivity contribution in [1.82, 2.24) is 9.80 Å². The third-order valence-electron chi connectivity index (χ3n) is 6.88. The Morgan fingerprint density at radius 3 is 2.63 bits per heavy atom. The molecule has 0 N–H and O–H groups in total. The predicted octanol–water partition coefficient (Wildman–Crippen LogP) is 4.71. The summed E-state index contributed by atoms with van der Waals surface area (Å²) in [5.74, 6) is 0. The minimum Gasteiger partial charge on any atom is -0.344 e. The fraction of sp³-hybridized carbons (Fsp3) is 0.500. The highest BCUT2D eigenvalue weighted by Crippen LogP contribution is 2.44. The Kier molecular flexibility index (Phi) is 6.41. The van der Waals surface area contributed by atoms with Crippen molar-refractivity contribution < 1.29 is 0 Å². The van der Waals surface area contributed by atoms with E-state index in [4.69, 9.17) is 0 Å². The molecule has 0 spiro atoms. The number of hydrogen-bond donors (Lipinski definition) is 0. The molecule has 1 aromatic carbocycles. The van der Waals surface area contributed by atoms with Gasteiger partial charge in [0.2, 0.25) is 0 Å². The van der Waals surface area contributed by atoms with Gasteiger partial charge in [-0.3, -0.25) is 9.80 Å². The molecule has 4 nitrogen and oxygen atoms in total. The molecule has 0 atom stereocenters.